The second-order valence-corrected chi connectivity index (χ2v) is 2.79. The van der Waals surface area contributed by atoms with Crippen LogP contribution in [0.5, 0.6) is 5.75 Å². The highest BCUT2D eigenvalue weighted by atomic mass is 16.3. The molecule has 13 heavy (non-hydrogen) atoms. The molecule has 0 aliphatic rings. The van der Waals surface area contributed by atoms with Gasteiger partial charge in [0.1, 0.15) is 0 Å². The summed E-state index contributed by atoms with van der Waals surface area (Å²) in [6.45, 7) is 1.79. The maximum atomic E-state index is 11.3. The highest BCUT2D eigenvalue weighted by Gasteiger charge is 2.01. The van der Waals surface area contributed by atoms with Crippen molar-refractivity contribution in [2.75, 3.05) is 5.73 Å². The first-order valence-electron chi connectivity index (χ1n) is 4.19. The zero-order valence-corrected chi connectivity index (χ0v) is 7.63. The topological polar surface area (TPSA) is 45.9 Å². The number of aryl methyl sites for hydroxylation is 1. The van der Waals surface area contributed by atoms with Crippen LogP contribution in [0.2, 0.25) is 0 Å². The van der Waals surface area contributed by atoms with Crippen molar-refractivity contribution in [1.82, 2.24) is 0 Å². The fourth-order valence-electron chi connectivity index (χ4n) is 1.12. The van der Waals surface area contributed by atoms with Crippen molar-refractivity contribution >= 4 is 5.69 Å². The molecule has 67 valence electrons. The number of rotatable bonds is 2. The van der Waals surface area contributed by atoms with Gasteiger partial charge in [0.15, 0.2) is 5.75 Å². The highest BCUT2D eigenvalue weighted by Crippen LogP contribution is 2.21. The normalized spacial score (nSPS) is 9.00. The van der Waals surface area contributed by atoms with E-state index in [0.29, 0.717) is 12.1 Å². The summed E-state index contributed by atoms with van der Waals surface area (Å²) in [5, 5.41) is 11.3. The van der Waals surface area contributed by atoms with Crippen molar-refractivity contribution in [3.05, 3.63) is 23.8 Å². The van der Waals surface area contributed by atoms with E-state index in [9.17, 15) is 5.11 Å². The summed E-state index contributed by atoms with van der Waals surface area (Å²) in [6, 6.07) is 4.85. The molecule has 0 aliphatic heterocycles. The summed E-state index contributed by atoms with van der Waals surface area (Å²) < 4.78 is 0. The Morgan fingerprint density at radius 3 is 2.92 bits per heavy atom. The van der Waals surface area contributed by atoms with Crippen molar-refractivity contribution in [2.24, 2.45) is 0 Å². The predicted molar refractivity (Wildman–Crippen MR) is 52.8 cm³/mol. The number of nitrogens with two attached hydrogens (primary N) is 1. The van der Waals surface area contributed by atoms with Gasteiger partial charge in [0.05, 0.1) is 0 Å². The summed E-state index contributed by atoms with van der Waals surface area (Å²) in [6.07, 6.45) is 1.40. The van der Waals surface area contributed by atoms with Crippen molar-refractivity contribution < 1.29 is 5.11 Å². The molecule has 0 saturated carbocycles. The Morgan fingerprint density at radius 1 is 1.46 bits per heavy atom. The number of nitrogen functional groups attached to an aromatic ring is 1. The van der Waals surface area contributed by atoms with Gasteiger partial charge in [0.25, 0.3) is 0 Å². The molecular formula is C11H12NO. The molecule has 1 radical (unpaired) electrons. The number of benzene rings is 1. The molecule has 0 unspecified atom stereocenters. The molecule has 1 aromatic carbocycles. The molecule has 2 N–H and O–H groups in total. The van der Waals surface area contributed by atoms with Crippen molar-refractivity contribution in [3.63, 3.8) is 0 Å². The van der Waals surface area contributed by atoms with Gasteiger partial charge in [-0.05, 0) is 31.5 Å². The van der Waals surface area contributed by atoms with Crippen LogP contribution in [-0.4, -0.2) is 0 Å². The van der Waals surface area contributed by atoms with E-state index in [1.807, 2.05) is 0 Å². The van der Waals surface area contributed by atoms with Crippen LogP contribution in [0, 0.1) is 11.8 Å². The van der Waals surface area contributed by atoms with E-state index in [0.717, 1.165) is 12.0 Å². The molecule has 1 rings (SSSR count). The zero-order valence-electron chi connectivity index (χ0n) is 7.63. The Kier molecular flexibility index (Phi) is 3.22. The molecule has 0 spiro atoms. The minimum absolute atomic E-state index is 0.0482. The number of hydrogen-bond donors (Lipinski definition) is 1. The van der Waals surface area contributed by atoms with Crippen molar-refractivity contribution in [1.29, 1.82) is 0 Å². The largest absolute Gasteiger partial charge is 0.399 e. The molecule has 0 heterocycles. The Hall–Kier alpha value is -1.62. The van der Waals surface area contributed by atoms with Crippen molar-refractivity contribution in [2.45, 2.75) is 19.8 Å². The average molecular weight is 174 g/mol. The van der Waals surface area contributed by atoms with E-state index >= 15 is 0 Å². The van der Waals surface area contributed by atoms with E-state index in [2.05, 4.69) is 11.8 Å². The Balaban J connectivity index is 2.73. The maximum absolute atomic E-state index is 11.3. The third-order valence-electron chi connectivity index (χ3n) is 1.78. The summed E-state index contributed by atoms with van der Waals surface area (Å²) in [5.41, 5.74) is 6.95. The fourth-order valence-corrected chi connectivity index (χ4v) is 1.12. The third kappa shape index (κ3) is 2.72. The lowest BCUT2D eigenvalue weighted by Gasteiger charge is -2.00. The molecule has 2 nitrogen and oxygen atoms in total. The van der Waals surface area contributed by atoms with Crippen LogP contribution in [-0.2, 0) is 11.5 Å². The van der Waals surface area contributed by atoms with Crippen molar-refractivity contribution in [3.8, 4) is 17.6 Å². The second kappa shape index (κ2) is 4.42. The summed E-state index contributed by atoms with van der Waals surface area (Å²) in [7, 11) is 0. The average Bonchev–Trinajstić information content (AvgIpc) is 2.11. The molecule has 0 bridgehead atoms. The molecule has 0 atom stereocenters. The quantitative estimate of drug-likeness (QED) is 0.543. The fraction of sp³-hybridized carbons (Fsp3) is 0.273. The molecule has 0 aliphatic carbocycles. The van der Waals surface area contributed by atoms with Gasteiger partial charge >= 0.3 is 0 Å². The predicted octanol–water partition coefficient (Wildman–Crippen LogP) is 2.37. The van der Waals surface area contributed by atoms with Crippen LogP contribution in [0.4, 0.5) is 5.69 Å². The lowest BCUT2D eigenvalue weighted by Crippen LogP contribution is -1.89. The minimum atomic E-state index is 0.0482. The molecule has 0 amide bonds. The van der Waals surface area contributed by atoms with Crippen LogP contribution in [0.3, 0.4) is 0 Å². The van der Waals surface area contributed by atoms with Gasteiger partial charge < -0.3 is 5.73 Å². The van der Waals surface area contributed by atoms with Gasteiger partial charge in [0.2, 0.25) is 0 Å². The second-order valence-electron chi connectivity index (χ2n) is 2.79. The maximum Gasteiger partial charge on any atom is 0.181 e. The van der Waals surface area contributed by atoms with Gasteiger partial charge in [0, 0.05) is 17.7 Å². The zero-order chi connectivity index (χ0) is 9.68. The van der Waals surface area contributed by atoms with Gasteiger partial charge in [-0.25, -0.2) is 0 Å². The van der Waals surface area contributed by atoms with Crippen LogP contribution in [0.25, 0.3) is 0 Å². The molecule has 2 heteroatoms. The smallest absolute Gasteiger partial charge is 0.181 e. The van der Waals surface area contributed by atoms with E-state index < -0.39 is 0 Å². The van der Waals surface area contributed by atoms with Crippen LogP contribution in [0.1, 0.15) is 18.9 Å². The molecule has 1 aromatic rings. The minimum Gasteiger partial charge on any atom is -0.399 e. The van der Waals surface area contributed by atoms with Crippen LogP contribution in [0.15, 0.2) is 18.2 Å². The van der Waals surface area contributed by atoms with E-state index in [4.69, 9.17) is 5.73 Å². The Morgan fingerprint density at radius 2 is 2.23 bits per heavy atom. The number of hydrogen-bond acceptors (Lipinski definition) is 1. The molecule has 0 saturated heterocycles. The molecular weight excluding hydrogens is 162 g/mol. The van der Waals surface area contributed by atoms with Gasteiger partial charge in [-0.3, -0.25) is 5.11 Å². The Bertz CT molecular complexity index is 347. The monoisotopic (exact) mass is 174 g/mol. The van der Waals surface area contributed by atoms with Crippen LogP contribution < -0.4 is 5.73 Å². The van der Waals surface area contributed by atoms with E-state index in [1.165, 1.54) is 6.07 Å². The van der Waals surface area contributed by atoms with Crippen LogP contribution >= 0.6 is 0 Å². The first kappa shape index (κ1) is 9.47. The lowest BCUT2D eigenvalue weighted by atomic mass is 10.1. The summed E-state index contributed by atoms with van der Waals surface area (Å²) in [4.78, 5) is 0. The SMILES string of the molecule is CC#CCCc1cc(N)ccc1[O]. The molecule has 0 aromatic heterocycles. The van der Waals surface area contributed by atoms with Gasteiger partial charge in [-0.15, -0.1) is 11.8 Å². The third-order valence-corrected chi connectivity index (χ3v) is 1.78. The summed E-state index contributed by atoms with van der Waals surface area (Å²) in [5.74, 6) is 5.75. The first-order valence-corrected chi connectivity index (χ1v) is 4.19. The van der Waals surface area contributed by atoms with Gasteiger partial charge in [-0.2, -0.15) is 0 Å². The molecule has 0 fully saturated rings. The Labute approximate surface area is 78.4 Å². The highest BCUT2D eigenvalue weighted by molar-refractivity contribution is 5.47. The van der Waals surface area contributed by atoms with E-state index in [1.54, 1.807) is 19.1 Å². The standard InChI is InChI=1S/C11H12NO/c1-2-3-4-5-9-8-10(12)6-7-11(9)13/h6-8H,4-5,12H2,1H3. The summed E-state index contributed by atoms with van der Waals surface area (Å²) >= 11 is 0. The van der Waals surface area contributed by atoms with E-state index in [-0.39, 0.29) is 5.75 Å². The first-order chi connectivity index (χ1) is 6.24. The number of anilines is 1. The lowest BCUT2D eigenvalue weighted by molar-refractivity contribution is 0.350. The van der Waals surface area contributed by atoms with Gasteiger partial charge in [-0.1, -0.05) is 0 Å².